The van der Waals surface area contributed by atoms with Gasteiger partial charge in [0.1, 0.15) is 17.2 Å². The molecule has 32 heavy (non-hydrogen) atoms. The van der Waals surface area contributed by atoms with Crippen LogP contribution in [0.5, 0.6) is 0 Å². The largest absolute Gasteiger partial charge is 0.369 e. The third kappa shape index (κ3) is 3.36. The lowest BCUT2D eigenvalue weighted by atomic mass is 9.99. The zero-order chi connectivity index (χ0) is 22.4. The van der Waals surface area contributed by atoms with Gasteiger partial charge in [-0.05, 0) is 36.2 Å². The van der Waals surface area contributed by atoms with E-state index < -0.39 is 17.5 Å². The number of imidazole rings is 1. The number of aromatic amines is 1. The predicted octanol–water partition coefficient (Wildman–Crippen LogP) is 3.21. The first kappa shape index (κ1) is 20.1. The van der Waals surface area contributed by atoms with Crippen LogP contribution in [-0.2, 0) is 0 Å². The van der Waals surface area contributed by atoms with Gasteiger partial charge in [-0.15, -0.1) is 0 Å². The second kappa shape index (κ2) is 7.69. The Morgan fingerprint density at radius 2 is 1.94 bits per heavy atom. The smallest absolute Gasteiger partial charge is 0.251 e. The summed E-state index contributed by atoms with van der Waals surface area (Å²) in [7, 11) is 0. The molecule has 0 unspecified atom stereocenters. The second-order valence-electron chi connectivity index (χ2n) is 7.86. The number of nitrogens with two attached hydrogens (primary N) is 2. The fourth-order valence-corrected chi connectivity index (χ4v) is 4.18. The lowest BCUT2D eigenvalue weighted by molar-refractivity contribution is 0.0996. The molecular formula is C23H20F2N6O. The number of nitrogens with one attached hydrogen (secondary N) is 1. The first-order chi connectivity index (χ1) is 15.4. The quantitative estimate of drug-likeness (QED) is 0.456. The molecule has 5 N–H and O–H groups in total. The van der Waals surface area contributed by atoms with Gasteiger partial charge in [0.05, 0.1) is 22.3 Å². The Morgan fingerprint density at radius 1 is 1.12 bits per heavy atom. The summed E-state index contributed by atoms with van der Waals surface area (Å²) in [6.07, 6.45) is 4.09. The van der Waals surface area contributed by atoms with Gasteiger partial charge in [0.25, 0.3) is 5.91 Å². The van der Waals surface area contributed by atoms with Gasteiger partial charge in [0.2, 0.25) is 0 Å². The summed E-state index contributed by atoms with van der Waals surface area (Å²) in [6.45, 7) is 1.30. The molecule has 0 bridgehead atoms. The highest BCUT2D eigenvalue weighted by molar-refractivity contribution is 5.96. The minimum Gasteiger partial charge on any atom is -0.369 e. The van der Waals surface area contributed by atoms with Crippen LogP contribution in [0, 0.1) is 11.6 Å². The summed E-state index contributed by atoms with van der Waals surface area (Å²) < 4.78 is 28.4. The minimum atomic E-state index is -0.856. The molecule has 4 aromatic rings. The van der Waals surface area contributed by atoms with E-state index in [9.17, 15) is 13.6 Å². The van der Waals surface area contributed by atoms with Crippen molar-refractivity contribution in [2.45, 2.75) is 12.5 Å². The first-order valence-corrected chi connectivity index (χ1v) is 10.1. The number of hydrogen-bond donors (Lipinski definition) is 3. The zero-order valence-corrected chi connectivity index (χ0v) is 17.0. The van der Waals surface area contributed by atoms with Crippen LogP contribution in [0.1, 0.15) is 16.8 Å². The van der Waals surface area contributed by atoms with E-state index in [1.807, 2.05) is 0 Å². The number of fused-ring (bicyclic) bond motifs is 1. The standard InChI is InChI=1S/C23H20F2N6O/c24-17-5-4-12(8-14(17)22(27)32)15-9-28-10-16(21(15)31-7-6-13(26)11-31)23-29-19-3-1-2-18(25)20(19)30-23/h1-5,8-10,13H,6-7,11,26H2,(H2,27,32)(H,29,30)/t13-/m0/s1. The summed E-state index contributed by atoms with van der Waals surface area (Å²) in [6, 6.07) is 8.89. The second-order valence-corrected chi connectivity index (χ2v) is 7.86. The molecule has 1 saturated heterocycles. The third-order valence-corrected chi connectivity index (χ3v) is 5.72. The van der Waals surface area contributed by atoms with E-state index in [1.54, 1.807) is 30.6 Å². The van der Waals surface area contributed by atoms with Gasteiger partial charge >= 0.3 is 0 Å². The van der Waals surface area contributed by atoms with Gasteiger partial charge < -0.3 is 21.4 Å². The fourth-order valence-electron chi connectivity index (χ4n) is 4.18. The summed E-state index contributed by atoms with van der Waals surface area (Å²) in [5.41, 5.74) is 14.8. The number of amides is 1. The molecule has 1 atom stereocenters. The SMILES string of the molecule is NC(=O)c1cc(-c2cncc(-c3nc4c(F)cccc4[nH]3)c2N2CC[C@H](N)C2)ccc1F. The van der Waals surface area contributed by atoms with Crippen LogP contribution in [0.2, 0.25) is 0 Å². The monoisotopic (exact) mass is 434 g/mol. The van der Waals surface area contributed by atoms with E-state index in [1.165, 1.54) is 18.2 Å². The van der Waals surface area contributed by atoms with Crippen molar-refractivity contribution in [2.24, 2.45) is 11.5 Å². The molecule has 2 aromatic heterocycles. The number of aromatic nitrogens is 3. The van der Waals surface area contributed by atoms with E-state index in [2.05, 4.69) is 19.9 Å². The number of nitrogens with zero attached hydrogens (tertiary/aromatic N) is 3. The number of para-hydroxylation sites is 1. The normalized spacial score (nSPS) is 16.1. The Kier molecular flexibility index (Phi) is 4.82. The van der Waals surface area contributed by atoms with Gasteiger partial charge in [-0.25, -0.2) is 13.8 Å². The number of primary amides is 1. The van der Waals surface area contributed by atoms with Crippen LogP contribution in [0.4, 0.5) is 14.5 Å². The van der Waals surface area contributed by atoms with Crippen LogP contribution in [-0.4, -0.2) is 40.0 Å². The first-order valence-electron chi connectivity index (χ1n) is 10.1. The Morgan fingerprint density at radius 3 is 2.66 bits per heavy atom. The van der Waals surface area contributed by atoms with E-state index in [0.717, 1.165) is 12.1 Å². The molecule has 162 valence electrons. The molecule has 1 aliphatic heterocycles. The number of carbonyl (C=O) groups excluding carboxylic acids is 1. The van der Waals surface area contributed by atoms with Crippen molar-refractivity contribution in [3.05, 3.63) is 66.0 Å². The predicted molar refractivity (Wildman–Crippen MR) is 118 cm³/mol. The summed E-state index contributed by atoms with van der Waals surface area (Å²) in [5, 5.41) is 0. The maximum absolute atomic E-state index is 14.3. The molecule has 1 fully saturated rings. The van der Waals surface area contributed by atoms with Crippen LogP contribution >= 0.6 is 0 Å². The van der Waals surface area contributed by atoms with E-state index in [0.29, 0.717) is 41.1 Å². The summed E-state index contributed by atoms with van der Waals surface area (Å²) in [5.74, 6) is -1.52. The molecule has 7 nitrogen and oxygen atoms in total. The van der Waals surface area contributed by atoms with Crippen molar-refractivity contribution in [1.82, 2.24) is 15.0 Å². The topological polar surface area (TPSA) is 114 Å². The van der Waals surface area contributed by atoms with Gasteiger partial charge in [-0.2, -0.15) is 0 Å². The van der Waals surface area contributed by atoms with Crippen LogP contribution in [0.3, 0.4) is 0 Å². The zero-order valence-electron chi connectivity index (χ0n) is 17.0. The lowest BCUT2D eigenvalue weighted by Gasteiger charge is -2.24. The molecule has 2 aromatic carbocycles. The number of hydrogen-bond acceptors (Lipinski definition) is 5. The third-order valence-electron chi connectivity index (χ3n) is 5.72. The maximum atomic E-state index is 14.3. The molecule has 0 aliphatic carbocycles. The molecule has 0 radical (unpaired) electrons. The summed E-state index contributed by atoms with van der Waals surface area (Å²) >= 11 is 0. The van der Waals surface area contributed by atoms with Gasteiger partial charge in [-0.1, -0.05) is 12.1 Å². The fraction of sp³-hybridized carbons (Fsp3) is 0.174. The molecule has 1 amide bonds. The highest BCUT2D eigenvalue weighted by atomic mass is 19.1. The molecule has 1 aliphatic rings. The van der Waals surface area contributed by atoms with Crippen molar-refractivity contribution in [1.29, 1.82) is 0 Å². The van der Waals surface area contributed by atoms with Gasteiger partial charge in [-0.3, -0.25) is 9.78 Å². The number of carbonyl (C=O) groups is 1. The number of anilines is 1. The molecular weight excluding hydrogens is 414 g/mol. The van der Waals surface area contributed by atoms with Crippen molar-refractivity contribution >= 4 is 22.6 Å². The van der Waals surface area contributed by atoms with Crippen LogP contribution in [0.25, 0.3) is 33.5 Å². The van der Waals surface area contributed by atoms with Crippen molar-refractivity contribution in [2.75, 3.05) is 18.0 Å². The minimum absolute atomic E-state index is 0.00798. The molecule has 9 heteroatoms. The number of benzene rings is 2. The van der Waals surface area contributed by atoms with Crippen molar-refractivity contribution in [3.63, 3.8) is 0 Å². The average molecular weight is 434 g/mol. The Balaban J connectivity index is 1.74. The lowest BCUT2D eigenvalue weighted by Crippen LogP contribution is -2.27. The van der Waals surface area contributed by atoms with E-state index >= 15 is 0 Å². The number of pyridine rings is 1. The molecule has 5 rings (SSSR count). The molecule has 3 heterocycles. The van der Waals surface area contributed by atoms with Crippen LogP contribution < -0.4 is 16.4 Å². The average Bonchev–Trinajstić information content (AvgIpc) is 3.40. The Bertz CT molecular complexity index is 1350. The number of halogens is 2. The highest BCUT2D eigenvalue weighted by Crippen LogP contribution is 2.40. The Hall–Kier alpha value is -3.85. The van der Waals surface area contributed by atoms with Crippen molar-refractivity contribution in [3.8, 4) is 22.5 Å². The maximum Gasteiger partial charge on any atom is 0.251 e. The van der Waals surface area contributed by atoms with Gasteiger partial charge in [0, 0.05) is 37.1 Å². The summed E-state index contributed by atoms with van der Waals surface area (Å²) in [4.78, 5) is 25.8. The van der Waals surface area contributed by atoms with Crippen molar-refractivity contribution < 1.29 is 13.6 Å². The highest BCUT2D eigenvalue weighted by Gasteiger charge is 2.27. The number of H-pyrrole nitrogens is 1. The van der Waals surface area contributed by atoms with Gasteiger partial charge in [0.15, 0.2) is 5.82 Å². The molecule has 0 saturated carbocycles. The molecule has 0 spiro atoms. The Labute approximate surface area is 182 Å². The van der Waals surface area contributed by atoms with E-state index in [4.69, 9.17) is 11.5 Å². The number of rotatable bonds is 4. The van der Waals surface area contributed by atoms with E-state index in [-0.39, 0.29) is 17.1 Å². The van der Waals surface area contributed by atoms with Crippen LogP contribution in [0.15, 0.2) is 48.8 Å².